The second-order valence-electron chi connectivity index (χ2n) is 4.83. The van der Waals surface area contributed by atoms with E-state index < -0.39 is 0 Å². The number of aliphatic hydroxyl groups excluding tert-OH is 1. The molecular weight excluding hydrogens is 212 g/mol. The second-order valence-corrected chi connectivity index (χ2v) is 4.83. The molecule has 2 nitrogen and oxygen atoms in total. The van der Waals surface area contributed by atoms with Crippen LogP contribution in [0.4, 0.5) is 0 Å². The summed E-state index contributed by atoms with van der Waals surface area (Å²) in [5.74, 6) is 1.51. The molecule has 0 aliphatic carbocycles. The first-order valence-corrected chi connectivity index (χ1v) is 6.49. The number of aryl methyl sites for hydroxylation is 1. The molecule has 0 aromatic heterocycles. The van der Waals surface area contributed by atoms with Gasteiger partial charge in [0.2, 0.25) is 0 Å². The maximum atomic E-state index is 8.70. The van der Waals surface area contributed by atoms with Gasteiger partial charge in [0.1, 0.15) is 5.75 Å². The minimum atomic E-state index is 0.279. The van der Waals surface area contributed by atoms with Gasteiger partial charge in [-0.2, -0.15) is 0 Å². The molecule has 1 rings (SSSR count). The molecule has 0 aliphatic rings. The molecule has 0 saturated carbocycles. The largest absolute Gasteiger partial charge is 0.493 e. The number of unbranched alkanes of at least 4 members (excludes halogenated alkanes) is 2. The van der Waals surface area contributed by atoms with Crippen molar-refractivity contribution in [2.24, 2.45) is 0 Å². The van der Waals surface area contributed by atoms with Gasteiger partial charge in [0.25, 0.3) is 0 Å². The predicted octanol–water partition coefficient (Wildman–Crippen LogP) is 3.66. The van der Waals surface area contributed by atoms with Crippen LogP contribution in [0.5, 0.6) is 5.75 Å². The van der Waals surface area contributed by atoms with Crippen molar-refractivity contribution in [3.8, 4) is 5.75 Å². The molecule has 0 spiro atoms. The van der Waals surface area contributed by atoms with Gasteiger partial charge in [-0.05, 0) is 49.3 Å². The zero-order chi connectivity index (χ0) is 12.7. The van der Waals surface area contributed by atoms with Crippen LogP contribution >= 0.6 is 0 Å². The van der Waals surface area contributed by atoms with Crippen molar-refractivity contribution in [2.45, 2.75) is 46.0 Å². The maximum absolute atomic E-state index is 8.70. The van der Waals surface area contributed by atoms with Crippen molar-refractivity contribution < 1.29 is 9.84 Å². The number of rotatable bonds is 7. The highest BCUT2D eigenvalue weighted by Crippen LogP contribution is 2.27. The highest BCUT2D eigenvalue weighted by molar-refractivity contribution is 5.39. The Balaban J connectivity index is 2.53. The monoisotopic (exact) mass is 236 g/mol. The van der Waals surface area contributed by atoms with Crippen LogP contribution in [0.15, 0.2) is 18.2 Å². The highest BCUT2D eigenvalue weighted by Gasteiger charge is 2.07. The Morgan fingerprint density at radius 2 is 1.94 bits per heavy atom. The fourth-order valence-electron chi connectivity index (χ4n) is 1.82. The number of hydrogen-bond donors (Lipinski definition) is 1. The molecular formula is C15H24O2. The normalized spacial score (nSPS) is 10.9. The fourth-order valence-corrected chi connectivity index (χ4v) is 1.82. The van der Waals surface area contributed by atoms with Gasteiger partial charge in [0.05, 0.1) is 6.61 Å². The summed E-state index contributed by atoms with van der Waals surface area (Å²) < 4.78 is 5.84. The minimum Gasteiger partial charge on any atom is -0.493 e. The topological polar surface area (TPSA) is 29.5 Å². The van der Waals surface area contributed by atoms with Crippen LogP contribution in [0.2, 0.25) is 0 Å². The van der Waals surface area contributed by atoms with Crippen molar-refractivity contribution in [3.05, 3.63) is 29.3 Å². The van der Waals surface area contributed by atoms with Crippen molar-refractivity contribution in [1.82, 2.24) is 0 Å². The minimum absolute atomic E-state index is 0.279. The average Bonchev–Trinajstić information content (AvgIpc) is 2.28. The van der Waals surface area contributed by atoms with Gasteiger partial charge in [0, 0.05) is 6.61 Å². The molecule has 1 aromatic carbocycles. The van der Waals surface area contributed by atoms with E-state index in [1.807, 2.05) is 0 Å². The maximum Gasteiger partial charge on any atom is 0.122 e. The number of hydrogen-bond acceptors (Lipinski definition) is 2. The molecule has 2 heteroatoms. The SMILES string of the molecule is Cc1ccc(C(C)C)c(OCCCCCO)c1. The van der Waals surface area contributed by atoms with E-state index in [1.165, 1.54) is 11.1 Å². The van der Waals surface area contributed by atoms with Gasteiger partial charge in [-0.3, -0.25) is 0 Å². The molecule has 0 bridgehead atoms. The van der Waals surface area contributed by atoms with Gasteiger partial charge in [-0.25, -0.2) is 0 Å². The lowest BCUT2D eigenvalue weighted by Crippen LogP contribution is -2.02. The summed E-state index contributed by atoms with van der Waals surface area (Å²) in [5.41, 5.74) is 2.51. The van der Waals surface area contributed by atoms with E-state index in [4.69, 9.17) is 9.84 Å². The smallest absolute Gasteiger partial charge is 0.122 e. The summed E-state index contributed by atoms with van der Waals surface area (Å²) in [4.78, 5) is 0. The molecule has 17 heavy (non-hydrogen) atoms. The van der Waals surface area contributed by atoms with Gasteiger partial charge < -0.3 is 9.84 Å². The second kappa shape index (κ2) is 7.33. The zero-order valence-electron chi connectivity index (χ0n) is 11.2. The van der Waals surface area contributed by atoms with Crippen LogP contribution in [0.3, 0.4) is 0 Å². The van der Waals surface area contributed by atoms with Crippen molar-refractivity contribution in [2.75, 3.05) is 13.2 Å². The number of benzene rings is 1. The van der Waals surface area contributed by atoms with Crippen LogP contribution in [-0.2, 0) is 0 Å². The van der Waals surface area contributed by atoms with Gasteiger partial charge >= 0.3 is 0 Å². The summed E-state index contributed by atoms with van der Waals surface area (Å²) in [5, 5.41) is 8.70. The fraction of sp³-hybridized carbons (Fsp3) is 0.600. The Labute approximate surface area is 105 Å². The predicted molar refractivity (Wildman–Crippen MR) is 71.7 cm³/mol. The molecule has 0 atom stereocenters. The van der Waals surface area contributed by atoms with Crippen molar-refractivity contribution in [1.29, 1.82) is 0 Å². The Kier molecular flexibility index (Phi) is 6.06. The first-order valence-electron chi connectivity index (χ1n) is 6.49. The first kappa shape index (κ1) is 14.0. The third-order valence-corrected chi connectivity index (χ3v) is 2.85. The van der Waals surface area contributed by atoms with E-state index in [0.29, 0.717) is 5.92 Å². The van der Waals surface area contributed by atoms with Crippen LogP contribution < -0.4 is 4.74 Å². The van der Waals surface area contributed by atoms with Crippen LogP contribution in [-0.4, -0.2) is 18.3 Å². The lowest BCUT2D eigenvalue weighted by molar-refractivity contribution is 0.265. The summed E-state index contributed by atoms with van der Waals surface area (Å²) >= 11 is 0. The lowest BCUT2D eigenvalue weighted by atomic mass is 10.0. The zero-order valence-corrected chi connectivity index (χ0v) is 11.2. The standard InChI is InChI=1S/C15H24O2/c1-12(2)14-8-7-13(3)11-15(14)17-10-6-4-5-9-16/h7-8,11-12,16H,4-6,9-10H2,1-3H3. The summed E-state index contributed by atoms with van der Waals surface area (Å²) in [6, 6.07) is 6.40. The number of aliphatic hydroxyl groups is 1. The van der Waals surface area contributed by atoms with Gasteiger partial charge in [-0.1, -0.05) is 26.0 Å². The number of ether oxygens (including phenoxy) is 1. The van der Waals surface area contributed by atoms with Crippen LogP contribution in [0.25, 0.3) is 0 Å². The first-order chi connectivity index (χ1) is 8.15. The summed E-state index contributed by atoms with van der Waals surface area (Å²) in [6.45, 7) is 7.47. The molecule has 0 aliphatic heterocycles. The third-order valence-electron chi connectivity index (χ3n) is 2.85. The molecule has 96 valence electrons. The van der Waals surface area contributed by atoms with Crippen molar-refractivity contribution >= 4 is 0 Å². The van der Waals surface area contributed by atoms with E-state index in [2.05, 4.69) is 39.0 Å². The molecule has 0 amide bonds. The van der Waals surface area contributed by atoms with E-state index in [-0.39, 0.29) is 6.61 Å². The average molecular weight is 236 g/mol. The highest BCUT2D eigenvalue weighted by atomic mass is 16.5. The summed E-state index contributed by atoms with van der Waals surface area (Å²) in [7, 11) is 0. The molecule has 0 unspecified atom stereocenters. The van der Waals surface area contributed by atoms with E-state index >= 15 is 0 Å². The quantitative estimate of drug-likeness (QED) is 0.732. The molecule has 0 fully saturated rings. The Bertz CT molecular complexity index is 332. The van der Waals surface area contributed by atoms with Gasteiger partial charge in [-0.15, -0.1) is 0 Å². The Morgan fingerprint density at radius 1 is 1.18 bits per heavy atom. The lowest BCUT2D eigenvalue weighted by Gasteiger charge is -2.14. The van der Waals surface area contributed by atoms with Crippen LogP contribution in [0, 0.1) is 6.92 Å². The molecule has 0 saturated heterocycles. The Hall–Kier alpha value is -1.02. The van der Waals surface area contributed by atoms with Gasteiger partial charge in [0.15, 0.2) is 0 Å². The van der Waals surface area contributed by atoms with Crippen molar-refractivity contribution in [3.63, 3.8) is 0 Å². The van der Waals surface area contributed by atoms with E-state index in [0.717, 1.165) is 31.6 Å². The Morgan fingerprint density at radius 3 is 2.59 bits per heavy atom. The molecule has 0 heterocycles. The molecule has 1 N–H and O–H groups in total. The molecule has 0 radical (unpaired) electrons. The van der Waals surface area contributed by atoms with E-state index in [9.17, 15) is 0 Å². The summed E-state index contributed by atoms with van der Waals surface area (Å²) in [6.07, 6.45) is 2.90. The van der Waals surface area contributed by atoms with Crippen LogP contribution in [0.1, 0.15) is 50.2 Å². The third kappa shape index (κ3) is 4.78. The van der Waals surface area contributed by atoms with E-state index in [1.54, 1.807) is 0 Å². The molecule has 1 aromatic rings.